The summed E-state index contributed by atoms with van der Waals surface area (Å²) in [5.74, 6) is 0.788. The van der Waals surface area contributed by atoms with Crippen LogP contribution in [-0.2, 0) is 4.79 Å². The second kappa shape index (κ2) is 9.11. The number of hydrogen-bond acceptors (Lipinski definition) is 3. The molecule has 2 fully saturated rings. The Hall–Kier alpha value is -1.30. The molecule has 1 unspecified atom stereocenters. The average Bonchev–Trinajstić information content (AvgIpc) is 2.60. The third-order valence-electron chi connectivity index (χ3n) is 5.15. The number of carbonyl (C=O) groups is 2. The fourth-order valence-electron chi connectivity index (χ4n) is 3.53. The highest BCUT2D eigenvalue weighted by atomic mass is 16.2. The molecular formula is C17H32N4O2. The van der Waals surface area contributed by atoms with Crippen LogP contribution < -0.4 is 10.6 Å². The SMILES string of the molecule is CCNC(=O)N1CCN(C(C)C(=O)NCC2CCCCC2)CC1. The fourth-order valence-corrected chi connectivity index (χ4v) is 3.53. The Balaban J connectivity index is 1.69. The molecule has 2 rings (SSSR count). The van der Waals surface area contributed by atoms with Crippen LogP contribution >= 0.6 is 0 Å². The molecule has 0 bridgehead atoms. The van der Waals surface area contributed by atoms with Gasteiger partial charge in [0, 0.05) is 39.3 Å². The number of piperazine rings is 1. The van der Waals surface area contributed by atoms with Crippen LogP contribution in [0.4, 0.5) is 4.79 Å². The van der Waals surface area contributed by atoms with Gasteiger partial charge in [0.25, 0.3) is 0 Å². The molecule has 6 nitrogen and oxygen atoms in total. The van der Waals surface area contributed by atoms with Crippen LogP contribution in [0.5, 0.6) is 0 Å². The van der Waals surface area contributed by atoms with Crippen molar-refractivity contribution in [3.63, 3.8) is 0 Å². The van der Waals surface area contributed by atoms with Gasteiger partial charge in [-0.25, -0.2) is 4.79 Å². The van der Waals surface area contributed by atoms with E-state index in [0.29, 0.717) is 25.6 Å². The van der Waals surface area contributed by atoms with Crippen LogP contribution in [-0.4, -0.2) is 67.0 Å². The molecule has 1 saturated heterocycles. The zero-order valence-electron chi connectivity index (χ0n) is 14.6. The summed E-state index contributed by atoms with van der Waals surface area (Å²) in [6.45, 7) is 8.26. The summed E-state index contributed by atoms with van der Waals surface area (Å²) in [4.78, 5) is 28.2. The average molecular weight is 324 g/mol. The van der Waals surface area contributed by atoms with E-state index < -0.39 is 0 Å². The van der Waals surface area contributed by atoms with Crippen LogP contribution in [0.3, 0.4) is 0 Å². The maximum absolute atomic E-state index is 12.4. The van der Waals surface area contributed by atoms with Crippen LogP contribution in [0.1, 0.15) is 46.0 Å². The van der Waals surface area contributed by atoms with E-state index in [4.69, 9.17) is 0 Å². The monoisotopic (exact) mass is 324 g/mol. The van der Waals surface area contributed by atoms with E-state index in [0.717, 1.165) is 19.6 Å². The van der Waals surface area contributed by atoms with Crippen LogP contribution in [0, 0.1) is 5.92 Å². The van der Waals surface area contributed by atoms with Gasteiger partial charge in [-0.15, -0.1) is 0 Å². The lowest BCUT2D eigenvalue weighted by molar-refractivity contribution is -0.126. The van der Waals surface area contributed by atoms with Crippen molar-refractivity contribution in [3.05, 3.63) is 0 Å². The first kappa shape index (κ1) is 18.0. The van der Waals surface area contributed by atoms with Gasteiger partial charge >= 0.3 is 6.03 Å². The molecule has 0 aromatic heterocycles. The lowest BCUT2D eigenvalue weighted by Gasteiger charge is -2.37. The van der Waals surface area contributed by atoms with Crippen molar-refractivity contribution < 1.29 is 9.59 Å². The summed E-state index contributed by atoms with van der Waals surface area (Å²) in [6.07, 6.45) is 6.45. The Kier molecular flexibility index (Phi) is 7.15. The van der Waals surface area contributed by atoms with Crippen molar-refractivity contribution in [1.82, 2.24) is 20.4 Å². The van der Waals surface area contributed by atoms with Crippen molar-refractivity contribution in [1.29, 1.82) is 0 Å². The molecule has 6 heteroatoms. The van der Waals surface area contributed by atoms with Gasteiger partial charge in [0.1, 0.15) is 0 Å². The molecule has 2 aliphatic rings. The first-order valence-corrected chi connectivity index (χ1v) is 9.16. The van der Waals surface area contributed by atoms with E-state index in [1.165, 1.54) is 32.1 Å². The number of nitrogens with zero attached hydrogens (tertiary/aromatic N) is 2. The standard InChI is InChI=1S/C17H32N4O2/c1-3-18-17(23)21-11-9-20(10-12-21)14(2)16(22)19-13-15-7-5-4-6-8-15/h14-15H,3-13H2,1-2H3,(H,18,23)(H,19,22). The van der Waals surface area contributed by atoms with E-state index in [1.54, 1.807) is 0 Å². The van der Waals surface area contributed by atoms with E-state index in [9.17, 15) is 9.59 Å². The predicted molar refractivity (Wildman–Crippen MR) is 91.3 cm³/mol. The van der Waals surface area contributed by atoms with E-state index >= 15 is 0 Å². The number of rotatable bonds is 5. The Morgan fingerprint density at radius 2 is 1.70 bits per heavy atom. The topological polar surface area (TPSA) is 64.7 Å². The molecule has 0 radical (unpaired) electrons. The number of nitrogens with one attached hydrogen (secondary N) is 2. The minimum absolute atomic E-state index is 0.00144. The number of hydrogen-bond donors (Lipinski definition) is 2. The van der Waals surface area contributed by atoms with Crippen LogP contribution in [0.15, 0.2) is 0 Å². The molecule has 3 amide bonds. The minimum Gasteiger partial charge on any atom is -0.354 e. The molecule has 1 aliphatic carbocycles. The fraction of sp³-hybridized carbons (Fsp3) is 0.882. The molecule has 2 N–H and O–H groups in total. The molecule has 1 heterocycles. The summed E-state index contributed by atoms with van der Waals surface area (Å²) in [5.41, 5.74) is 0. The Morgan fingerprint density at radius 1 is 1.04 bits per heavy atom. The van der Waals surface area contributed by atoms with E-state index in [-0.39, 0.29) is 18.0 Å². The maximum atomic E-state index is 12.4. The number of urea groups is 1. The minimum atomic E-state index is -0.116. The summed E-state index contributed by atoms with van der Waals surface area (Å²) in [6, 6.07) is -0.114. The van der Waals surface area contributed by atoms with Crippen molar-refractivity contribution in [2.24, 2.45) is 5.92 Å². The molecule has 1 atom stereocenters. The van der Waals surface area contributed by atoms with Crippen molar-refractivity contribution in [2.75, 3.05) is 39.3 Å². The largest absolute Gasteiger partial charge is 0.354 e. The van der Waals surface area contributed by atoms with Gasteiger partial charge in [-0.1, -0.05) is 19.3 Å². The molecule has 1 aliphatic heterocycles. The van der Waals surface area contributed by atoms with Crippen LogP contribution in [0.25, 0.3) is 0 Å². The van der Waals surface area contributed by atoms with Crippen molar-refractivity contribution in [2.45, 2.75) is 52.0 Å². The first-order chi connectivity index (χ1) is 11.1. The highest BCUT2D eigenvalue weighted by molar-refractivity contribution is 5.81. The molecule has 132 valence electrons. The van der Waals surface area contributed by atoms with Gasteiger partial charge in [0.15, 0.2) is 0 Å². The summed E-state index contributed by atoms with van der Waals surface area (Å²) >= 11 is 0. The zero-order chi connectivity index (χ0) is 16.7. The number of amides is 3. The summed E-state index contributed by atoms with van der Waals surface area (Å²) in [7, 11) is 0. The quantitative estimate of drug-likeness (QED) is 0.804. The second-order valence-electron chi connectivity index (χ2n) is 6.78. The molecule has 1 saturated carbocycles. The molecule has 23 heavy (non-hydrogen) atoms. The molecule has 0 spiro atoms. The second-order valence-corrected chi connectivity index (χ2v) is 6.78. The predicted octanol–water partition coefficient (Wildman–Crippen LogP) is 1.42. The Morgan fingerprint density at radius 3 is 2.30 bits per heavy atom. The highest BCUT2D eigenvalue weighted by Gasteiger charge is 2.27. The van der Waals surface area contributed by atoms with Gasteiger partial charge in [0.05, 0.1) is 6.04 Å². The molecule has 0 aromatic carbocycles. The Bertz CT molecular complexity index is 388. The molecular weight excluding hydrogens is 292 g/mol. The van der Waals surface area contributed by atoms with Crippen molar-refractivity contribution in [3.8, 4) is 0 Å². The first-order valence-electron chi connectivity index (χ1n) is 9.16. The smallest absolute Gasteiger partial charge is 0.317 e. The van der Waals surface area contributed by atoms with Crippen LogP contribution in [0.2, 0.25) is 0 Å². The van der Waals surface area contributed by atoms with E-state index in [1.807, 2.05) is 18.7 Å². The normalized spacial score (nSPS) is 21.7. The zero-order valence-corrected chi connectivity index (χ0v) is 14.6. The van der Waals surface area contributed by atoms with Gasteiger partial charge in [-0.3, -0.25) is 9.69 Å². The third-order valence-corrected chi connectivity index (χ3v) is 5.15. The van der Waals surface area contributed by atoms with Gasteiger partial charge < -0.3 is 15.5 Å². The summed E-state index contributed by atoms with van der Waals surface area (Å²) < 4.78 is 0. The lowest BCUT2D eigenvalue weighted by Crippen LogP contribution is -2.56. The summed E-state index contributed by atoms with van der Waals surface area (Å²) in [5, 5.41) is 5.96. The number of carbonyl (C=O) groups excluding carboxylic acids is 2. The Labute approximate surface area is 140 Å². The van der Waals surface area contributed by atoms with E-state index in [2.05, 4.69) is 15.5 Å². The third kappa shape index (κ3) is 5.37. The highest BCUT2D eigenvalue weighted by Crippen LogP contribution is 2.22. The maximum Gasteiger partial charge on any atom is 0.317 e. The van der Waals surface area contributed by atoms with Gasteiger partial charge in [0.2, 0.25) is 5.91 Å². The van der Waals surface area contributed by atoms with Gasteiger partial charge in [-0.2, -0.15) is 0 Å². The van der Waals surface area contributed by atoms with Gasteiger partial charge in [-0.05, 0) is 32.6 Å². The molecule has 0 aromatic rings. The van der Waals surface area contributed by atoms with Crippen molar-refractivity contribution >= 4 is 11.9 Å². The lowest BCUT2D eigenvalue weighted by atomic mass is 9.89.